The van der Waals surface area contributed by atoms with Crippen molar-refractivity contribution in [2.75, 3.05) is 0 Å². The van der Waals surface area contributed by atoms with Crippen LogP contribution in [0.4, 0.5) is 11.4 Å². The van der Waals surface area contributed by atoms with Gasteiger partial charge in [-0.25, -0.2) is 24.6 Å². The molecular weight excluding hydrogens is 753 g/mol. The van der Waals surface area contributed by atoms with Gasteiger partial charge in [-0.3, -0.25) is 0 Å². The summed E-state index contributed by atoms with van der Waals surface area (Å²) in [5.41, 5.74) is 10.8. The highest BCUT2D eigenvalue weighted by molar-refractivity contribution is 7.26. The van der Waals surface area contributed by atoms with Gasteiger partial charge in [-0.05, 0) is 53.1 Å². The molecule has 0 radical (unpaired) electrons. The van der Waals surface area contributed by atoms with E-state index in [-0.39, 0.29) is 0 Å². The molecule has 11 rings (SSSR count). The Labute approximate surface area is 349 Å². The van der Waals surface area contributed by atoms with Crippen LogP contribution in [0.15, 0.2) is 182 Å². The van der Waals surface area contributed by atoms with E-state index in [9.17, 15) is 0 Å². The zero-order chi connectivity index (χ0) is 40.2. The molecule has 0 aliphatic rings. The van der Waals surface area contributed by atoms with E-state index in [1.165, 1.54) is 20.2 Å². The van der Waals surface area contributed by atoms with E-state index in [0.29, 0.717) is 28.8 Å². The molecule has 278 valence electrons. The minimum absolute atomic E-state index is 0.481. The van der Waals surface area contributed by atoms with Gasteiger partial charge in [0.1, 0.15) is 0 Å². The maximum absolute atomic E-state index is 7.73. The zero-order valence-corrected chi connectivity index (χ0v) is 32.7. The maximum atomic E-state index is 7.73. The average Bonchev–Trinajstić information content (AvgIpc) is 3.87. The number of thiophene rings is 1. The Kier molecular flexibility index (Phi) is 8.34. The van der Waals surface area contributed by atoms with Gasteiger partial charge in [0.2, 0.25) is 0 Å². The van der Waals surface area contributed by atoms with Crippen LogP contribution in [-0.2, 0) is 0 Å². The molecule has 6 nitrogen and oxygen atoms in total. The highest BCUT2D eigenvalue weighted by Crippen LogP contribution is 2.42. The van der Waals surface area contributed by atoms with Crippen molar-refractivity contribution < 1.29 is 0 Å². The minimum atomic E-state index is 0.481. The first kappa shape index (κ1) is 35.0. The summed E-state index contributed by atoms with van der Waals surface area (Å²) >= 11 is 1.81. The number of hydrogen-bond donors (Lipinski definition) is 0. The lowest BCUT2D eigenvalue weighted by atomic mass is 9.99. The lowest BCUT2D eigenvalue weighted by Gasteiger charge is -2.16. The second-order valence-corrected chi connectivity index (χ2v) is 15.6. The molecule has 3 heterocycles. The van der Waals surface area contributed by atoms with Gasteiger partial charge in [0.15, 0.2) is 28.8 Å². The Morgan fingerprint density at radius 3 is 1.65 bits per heavy atom. The average molecular weight is 783 g/mol. The van der Waals surface area contributed by atoms with Crippen LogP contribution in [0.3, 0.4) is 0 Å². The predicted molar refractivity (Wildman–Crippen MR) is 247 cm³/mol. The Hall–Kier alpha value is -8.23. The number of rotatable bonds is 6. The van der Waals surface area contributed by atoms with Crippen molar-refractivity contribution in [1.82, 2.24) is 19.5 Å². The summed E-state index contributed by atoms with van der Waals surface area (Å²) in [6, 6.07) is 62.0. The molecule has 0 bridgehead atoms. The van der Waals surface area contributed by atoms with Gasteiger partial charge < -0.3 is 4.57 Å². The van der Waals surface area contributed by atoms with E-state index < -0.39 is 0 Å². The fourth-order valence-electron chi connectivity index (χ4n) is 8.28. The molecule has 0 atom stereocenters. The molecular formula is C53H30N6S. The van der Waals surface area contributed by atoms with Crippen LogP contribution in [0.5, 0.6) is 0 Å². The van der Waals surface area contributed by atoms with Crippen molar-refractivity contribution >= 4 is 64.7 Å². The fraction of sp³-hybridized carbons (Fsp3) is 0. The van der Waals surface area contributed by atoms with E-state index in [2.05, 4.69) is 142 Å². The normalized spacial score (nSPS) is 11.3. The molecule has 8 aromatic carbocycles. The van der Waals surface area contributed by atoms with Gasteiger partial charge in [0.05, 0.1) is 29.9 Å². The number of fused-ring (bicyclic) bond motifs is 6. The van der Waals surface area contributed by atoms with Crippen molar-refractivity contribution in [3.63, 3.8) is 0 Å². The molecule has 0 N–H and O–H groups in total. The third-order valence-corrected chi connectivity index (χ3v) is 12.3. The molecule has 11 aromatic rings. The number of hydrogen-bond acceptors (Lipinski definition) is 4. The van der Waals surface area contributed by atoms with Gasteiger partial charge >= 0.3 is 0 Å². The fourth-order valence-corrected chi connectivity index (χ4v) is 9.51. The standard InChI is InChI=1S/C53H30N6S/c1-54-38-27-24-33(25-28-38)40-29-26-37(32-48(40)59-46-21-6-3-16-42(46)43-17-4-7-22-47(43)59)53-57-51(56-52(58-53)36-14-10-15-39(31-36)55-2)35-13-9-12-34(30-35)41-19-11-20-45-44-18-5-8-23-49(44)60-50(41)45/h3-32H. The molecule has 0 aliphatic heterocycles. The molecule has 0 aliphatic carbocycles. The first-order valence-corrected chi connectivity index (χ1v) is 20.3. The summed E-state index contributed by atoms with van der Waals surface area (Å²) in [4.78, 5) is 22.8. The number of benzene rings is 8. The summed E-state index contributed by atoms with van der Waals surface area (Å²) in [6.45, 7) is 15.3. The summed E-state index contributed by atoms with van der Waals surface area (Å²) in [5, 5.41) is 4.82. The molecule has 0 spiro atoms. The lowest BCUT2D eigenvalue weighted by molar-refractivity contribution is 1.07. The van der Waals surface area contributed by atoms with E-state index in [4.69, 9.17) is 28.1 Å². The van der Waals surface area contributed by atoms with Gasteiger partial charge in [0, 0.05) is 53.2 Å². The minimum Gasteiger partial charge on any atom is -0.309 e. The second-order valence-electron chi connectivity index (χ2n) is 14.6. The van der Waals surface area contributed by atoms with Gasteiger partial charge in [0.25, 0.3) is 0 Å². The van der Waals surface area contributed by atoms with Gasteiger partial charge in [-0.15, -0.1) is 11.3 Å². The molecule has 0 saturated carbocycles. The smallest absolute Gasteiger partial charge is 0.187 e. The van der Waals surface area contributed by atoms with Crippen molar-refractivity contribution in [2.24, 2.45) is 0 Å². The van der Waals surface area contributed by atoms with Gasteiger partial charge in [-0.1, -0.05) is 146 Å². The van der Waals surface area contributed by atoms with E-state index in [0.717, 1.165) is 66.4 Å². The topological polar surface area (TPSA) is 52.3 Å². The summed E-state index contributed by atoms with van der Waals surface area (Å²) in [5.74, 6) is 1.53. The van der Waals surface area contributed by atoms with Crippen LogP contribution in [0.1, 0.15) is 0 Å². The highest BCUT2D eigenvalue weighted by Gasteiger charge is 2.20. The molecule has 7 heteroatoms. The zero-order valence-electron chi connectivity index (χ0n) is 31.9. The Balaban J connectivity index is 1.13. The maximum Gasteiger partial charge on any atom is 0.187 e. The molecule has 0 saturated heterocycles. The molecule has 0 fully saturated rings. The van der Waals surface area contributed by atoms with E-state index >= 15 is 0 Å². The third kappa shape index (κ3) is 5.89. The van der Waals surface area contributed by atoms with Gasteiger partial charge in [-0.2, -0.15) is 0 Å². The van der Waals surface area contributed by atoms with Crippen molar-refractivity contribution in [3.8, 4) is 62.1 Å². The van der Waals surface area contributed by atoms with Crippen molar-refractivity contribution in [3.05, 3.63) is 205 Å². The van der Waals surface area contributed by atoms with Crippen molar-refractivity contribution in [2.45, 2.75) is 0 Å². The number of para-hydroxylation sites is 2. The summed E-state index contributed by atoms with van der Waals surface area (Å²) in [6.07, 6.45) is 0. The molecule has 0 unspecified atom stereocenters. The predicted octanol–water partition coefficient (Wildman–Crippen LogP) is 14.8. The Morgan fingerprint density at radius 2 is 0.950 bits per heavy atom. The van der Waals surface area contributed by atoms with Crippen LogP contribution in [-0.4, -0.2) is 19.5 Å². The highest BCUT2D eigenvalue weighted by atomic mass is 32.1. The monoisotopic (exact) mass is 782 g/mol. The second kappa shape index (κ2) is 14.3. The van der Waals surface area contributed by atoms with Crippen LogP contribution in [0.25, 0.3) is 114 Å². The summed E-state index contributed by atoms with van der Waals surface area (Å²) < 4.78 is 4.81. The van der Waals surface area contributed by atoms with Crippen molar-refractivity contribution in [1.29, 1.82) is 0 Å². The van der Waals surface area contributed by atoms with Crippen LogP contribution in [0, 0.1) is 13.1 Å². The van der Waals surface area contributed by atoms with Crippen LogP contribution >= 0.6 is 11.3 Å². The Morgan fingerprint density at radius 1 is 0.400 bits per heavy atom. The molecule has 60 heavy (non-hydrogen) atoms. The quantitative estimate of drug-likeness (QED) is 0.158. The largest absolute Gasteiger partial charge is 0.309 e. The number of nitrogens with zero attached hydrogens (tertiary/aromatic N) is 6. The van der Waals surface area contributed by atoms with Crippen LogP contribution < -0.4 is 0 Å². The number of aromatic nitrogens is 4. The summed E-state index contributed by atoms with van der Waals surface area (Å²) in [7, 11) is 0. The van der Waals surface area contributed by atoms with E-state index in [1.54, 1.807) is 6.07 Å². The van der Waals surface area contributed by atoms with Crippen LogP contribution in [0.2, 0.25) is 0 Å². The molecule has 0 amide bonds. The van der Waals surface area contributed by atoms with E-state index in [1.807, 2.05) is 59.9 Å². The third-order valence-electron chi connectivity index (χ3n) is 11.1. The Bertz CT molecular complexity index is 3530. The SMILES string of the molecule is [C-]#[N+]c1ccc(-c2ccc(-c3nc(-c4cccc([N+]#[C-])c4)nc(-c4cccc(-c5cccc6c5sc5ccccc56)c4)n3)cc2-n2c3ccccc3c3ccccc32)cc1. The first-order valence-electron chi connectivity index (χ1n) is 19.5. The molecule has 3 aromatic heterocycles. The lowest BCUT2D eigenvalue weighted by Crippen LogP contribution is -2.02. The first-order chi connectivity index (χ1) is 29.6.